The molecule has 3 rings (SSSR count). The van der Waals surface area contributed by atoms with Crippen LogP contribution in [0.2, 0.25) is 0 Å². The van der Waals surface area contributed by atoms with E-state index in [-0.39, 0.29) is 5.41 Å². The number of benzene rings is 1. The molecule has 1 aromatic rings. The Labute approximate surface area is 101 Å². The normalized spacial score (nSPS) is 22.2. The molecule has 0 atom stereocenters. The molecular formula is C14H17NO2. The van der Waals surface area contributed by atoms with Crippen LogP contribution in [-0.4, -0.2) is 32.6 Å². The van der Waals surface area contributed by atoms with Crippen LogP contribution in [0.25, 0.3) is 0 Å². The third-order valence-corrected chi connectivity index (χ3v) is 3.83. The van der Waals surface area contributed by atoms with Crippen molar-refractivity contribution >= 4 is 12.0 Å². The molecule has 1 saturated heterocycles. The molecule has 0 radical (unpaired) electrons. The van der Waals surface area contributed by atoms with E-state index >= 15 is 0 Å². The van der Waals surface area contributed by atoms with Crippen molar-refractivity contribution in [2.75, 3.05) is 31.2 Å². The minimum absolute atomic E-state index is 0.149. The molecule has 2 aliphatic rings. The van der Waals surface area contributed by atoms with Gasteiger partial charge in [0.25, 0.3) is 0 Å². The number of aldehydes is 1. The van der Waals surface area contributed by atoms with E-state index in [4.69, 9.17) is 4.74 Å². The van der Waals surface area contributed by atoms with E-state index in [0.717, 1.165) is 45.4 Å². The summed E-state index contributed by atoms with van der Waals surface area (Å²) in [7, 11) is 0. The Morgan fingerprint density at radius 2 is 1.76 bits per heavy atom. The lowest BCUT2D eigenvalue weighted by Crippen LogP contribution is -2.36. The van der Waals surface area contributed by atoms with Gasteiger partial charge >= 0.3 is 0 Å². The number of anilines is 1. The lowest BCUT2D eigenvalue weighted by molar-refractivity contribution is -0.109. The molecule has 0 unspecified atom stereocenters. The zero-order valence-corrected chi connectivity index (χ0v) is 9.89. The monoisotopic (exact) mass is 231 g/mol. The SMILES string of the molecule is O=CC1(c2ccc(N3CCOCC3)cc2)CC1. The van der Waals surface area contributed by atoms with Gasteiger partial charge in [-0.05, 0) is 30.5 Å². The number of hydrogen-bond donors (Lipinski definition) is 0. The van der Waals surface area contributed by atoms with Gasteiger partial charge in [0.15, 0.2) is 0 Å². The van der Waals surface area contributed by atoms with Gasteiger partial charge in [0, 0.05) is 18.8 Å². The van der Waals surface area contributed by atoms with Crippen LogP contribution in [0.3, 0.4) is 0 Å². The maximum absolute atomic E-state index is 11.0. The predicted molar refractivity (Wildman–Crippen MR) is 66.5 cm³/mol. The number of ether oxygens (including phenoxy) is 1. The van der Waals surface area contributed by atoms with Crippen molar-refractivity contribution in [1.29, 1.82) is 0 Å². The molecule has 1 aliphatic carbocycles. The number of hydrogen-bond acceptors (Lipinski definition) is 3. The first-order chi connectivity index (χ1) is 8.34. The average Bonchev–Trinajstić information content (AvgIpc) is 3.21. The summed E-state index contributed by atoms with van der Waals surface area (Å²) < 4.78 is 5.34. The Hall–Kier alpha value is -1.35. The molecule has 0 amide bonds. The summed E-state index contributed by atoms with van der Waals surface area (Å²) in [5.74, 6) is 0. The second-order valence-corrected chi connectivity index (χ2v) is 4.92. The summed E-state index contributed by atoms with van der Waals surface area (Å²) in [6.45, 7) is 3.52. The third-order valence-electron chi connectivity index (χ3n) is 3.83. The van der Waals surface area contributed by atoms with Gasteiger partial charge in [0.1, 0.15) is 6.29 Å². The van der Waals surface area contributed by atoms with Gasteiger partial charge in [-0.2, -0.15) is 0 Å². The van der Waals surface area contributed by atoms with Gasteiger partial charge in [-0.1, -0.05) is 12.1 Å². The molecule has 1 saturated carbocycles. The van der Waals surface area contributed by atoms with Gasteiger partial charge in [-0.15, -0.1) is 0 Å². The van der Waals surface area contributed by atoms with Crippen LogP contribution in [0.1, 0.15) is 18.4 Å². The van der Waals surface area contributed by atoms with Crippen LogP contribution in [0, 0.1) is 0 Å². The van der Waals surface area contributed by atoms with E-state index in [9.17, 15) is 4.79 Å². The average molecular weight is 231 g/mol. The second kappa shape index (κ2) is 4.15. The van der Waals surface area contributed by atoms with E-state index in [1.807, 2.05) is 0 Å². The van der Waals surface area contributed by atoms with Crippen LogP contribution in [0.5, 0.6) is 0 Å². The lowest BCUT2D eigenvalue weighted by atomic mass is 9.97. The van der Waals surface area contributed by atoms with Gasteiger partial charge in [-0.25, -0.2) is 0 Å². The lowest BCUT2D eigenvalue weighted by Gasteiger charge is -2.29. The summed E-state index contributed by atoms with van der Waals surface area (Å²) in [4.78, 5) is 13.4. The fraction of sp³-hybridized carbons (Fsp3) is 0.500. The molecule has 1 heterocycles. The number of nitrogens with zero attached hydrogens (tertiary/aromatic N) is 1. The predicted octanol–water partition coefficient (Wildman–Crippen LogP) is 1.75. The van der Waals surface area contributed by atoms with Crippen LogP contribution < -0.4 is 4.90 Å². The van der Waals surface area contributed by atoms with E-state index in [2.05, 4.69) is 29.2 Å². The second-order valence-electron chi connectivity index (χ2n) is 4.92. The molecule has 0 bridgehead atoms. The smallest absolute Gasteiger partial charge is 0.130 e. The van der Waals surface area contributed by atoms with Gasteiger partial charge < -0.3 is 14.4 Å². The number of rotatable bonds is 3. The molecule has 3 heteroatoms. The molecule has 17 heavy (non-hydrogen) atoms. The Morgan fingerprint density at radius 3 is 2.29 bits per heavy atom. The molecule has 1 aromatic carbocycles. The number of carbonyl (C=O) groups excluding carboxylic acids is 1. The first kappa shape index (κ1) is 10.8. The van der Waals surface area contributed by atoms with E-state index in [0.29, 0.717) is 0 Å². The van der Waals surface area contributed by atoms with Crippen molar-refractivity contribution in [1.82, 2.24) is 0 Å². The van der Waals surface area contributed by atoms with Crippen molar-refractivity contribution in [3.8, 4) is 0 Å². The topological polar surface area (TPSA) is 29.5 Å². The van der Waals surface area contributed by atoms with Crippen molar-refractivity contribution < 1.29 is 9.53 Å². The summed E-state index contributed by atoms with van der Waals surface area (Å²) >= 11 is 0. The quantitative estimate of drug-likeness (QED) is 0.742. The van der Waals surface area contributed by atoms with Crippen LogP contribution in [0.15, 0.2) is 24.3 Å². The number of carbonyl (C=O) groups is 1. The van der Waals surface area contributed by atoms with Gasteiger partial charge in [-0.3, -0.25) is 0 Å². The Kier molecular flexibility index (Phi) is 2.63. The standard InChI is InChI=1S/C14H17NO2/c16-11-14(5-6-14)12-1-3-13(4-2-12)15-7-9-17-10-8-15/h1-4,11H,5-10H2. The molecule has 0 aromatic heterocycles. The van der Waals surface area contributed by atoms with E-state index < -0.39 is 0 Å². The highest BCUT2D eigenvalue weighted by Gasteiger charge is 2.44. The molecule has 0 N–H and O–H groups in total. The molecule has 0 spiro atoms. The zero-order valence-electron chi connectivity index (χ0n) is 9.89. The van der Waals surface area contributed by atoms with Crippen molar-refractivity contribution in [3.63, 3.8) is 0 Å². The van der Waals surface area contributed by atoms with Crippen LogP contribution >= 0.6 is 0 Å². The summed E-state index contributed by atoms with van der Waals surface area (Å²) in [5.41, 5.74) is 2.26. The van der Waals surface area contributed by atoms with Crippen LogP contribution in [-0.2, 0) is 14.9 Å². The van der Waals surface area contributed by atoms with E-state index in [1.54, 1.807) is 0 Å². The van der Waals surface area contributed by atoms with Crippen LogP contribution in [0.4, 0.5) is 5.69 Å². The zero-order chi connectivity index (χ0) is 11.7. The molecular weight excluding hydrogens is 214 g/mol. The molecule has 3 nitrogen and oxygen atoms in total. The highest BCUT2D eigenvalue weighted by Crippen LogP contribution is 2.46. The van der Waals surface area contributed by atoms with Crippen molar-refractivity contribution in [2.24, 2.45) is 0 Å². The summed E-state index contributed by atoms with van der Waals surface area (Å²) in [6, 6.07) is 8.47. The number of morpholine rings is 1. The Bertz CT molecular complexity index is 403. The van der Waals surface area contributed by atoms with Gasteiger partial charge in [0.05, 0.1) is 18.6 Å². The largest absolute Gasteiger partial charge is 0.378 e. The first-order valence-electron chi connectivity index (χ1n) is 6.24. The minimum Gasteiger partial charge on any atom is -0.378 e. The molecule has 2 fully saturated rings. The fourth-order valence-electron chi connectivity index (χ4n) is 2.43. The highest BCUT2D eigenvalue weighted by atomic mass is 16.5. The Morgan fingerprint density at radius 1 is 1.12 bits per heavy atom. The van der Waals surface area contributed by atoms with Crippen molar-refractivity contribution in [2.45, 2.75) is 18.3 Å². The van der Waals surface area contributed by atoms with E-state index in [1.165, 1.54) is 11.3 Å². The maximum atomic E-state index is 11.0. The summed E-state index contributed by atoms with van der Waals surface area (Å²) in [5, 5.41) is 0. The maximum Gasteiger partial charge on any atom is 0.130 e. The first-order valence-corrected chi connectivity index (χ1v) is 6.24. The minimum atomic E-state index is -0.149. The molecule has 1 aliphatic heterocycles. The fourth-order valence-corrected chi connectivity index (χ4v) is 2.43. The molecule has 90 valence electrons. The van der Waals surface area contributed by atoms with Crippen molar-refractivity contribution in [3.05, 3.63) is 29.8 Å². The summed E-state index contributed by atoms with van der Waals surface area (Å²) in [6.07, 6.45) is 3.12. The Balaban J connectivity index is 1.77. The third kappa shape index (κ3) is 1.95. The van der Waals surface area contributed by atoms with Gasteiger partial charge in [0.2, 0.25) is 0 Å². The highest BCUT2D eigenvalue weighted by molar-refractivity contribution is 5.73.